The van der Waals surface area contributed by atoms with E-state index >= 15 is 0 Å². The molecule has 5 aromatic rings. The molecule has 3 aliphatic heterocycles. The lowest BCUT2D eigenvalue weighted by molar-refractivity contribution is -0.136. The molecule has 55 heavy (non-hydrogen) atoms. The standard InChI is InChI=1S/C40H43N9O6/c1-40(2,3)34-22-35(49(45-34)15-14-46-16-18-54-19-17-46)43-39(53)42-26-4-6-27(7-5-26)48-24-41-31-21-29(9-11-32(31)48)55-28-8-10-30-25(20-28)23-47(38(30)52)33-12-13-36(50)44-37(33)51/h4-11,20-22,24,33H,12-19,23H2,1-3H3,(H2,42,43,53)(H,44,50,51). The second kappa shape index (κ2) is 14.6. The number of anilines is 2. The Kier molecular flexibility index (Phi) is 9.57. The number of morpholine rings is 1. The number of rotatable bonds is 9. The van der Waals surface area contributed by atoms with Crippen LogP contribution in [0.15, 0.2) is 73.1 Å². The summed E-state index contributed by atoms with van der Waals surface area (Å²) in [5, 5.41) is 13.1. The fourth-order valence-corrected chi connectivity index (χ4v) is 7.11. The van der Waals surface area contributed by atoms with Crippen molar-refractivity contribution in [3.8, 4) is 17.2 Å². The summed E-state index contributed by atoms with van der Waals surface area (Å²) in [6, 6.07) is 19.3. The number of amides is 5. The van der Waals surface area contributed by atoms with Gasteiger partial charge in [-0.05, 0) is 66.6 Å². The zero-order valence-corrected chi connectivity index (χ0v) is 31.0. The van der Waals surface area contributed by atoms with E-state index in [-0.39, 0.29) is 36.2 Å². The van der Waals surface area contributed by atoms with E-state index in [2.05, 4.69) is 46.6 Å². The van der Waals surface area contributed by atoms with Crippen molar-refractivity contribution in [2.45, 2.75) is 58.2 Å². The Balaban J connectivity index is 0.903. The van der Waals surface area contributed by atoms with E-state index in [0.717, 1.165) is 60.8 Å². The van der Waals surface area contributed by atoms with Crippen LogP contribution in [0, 0.1) is 0 Å². The molecule has 0 radical (unpaired) electrons. The number of fused-ring (bicyclic) bond motifs is 2. The molecule has 5 heterocycles. The van der Waals surface area contributed by atoms with Crippen molar-refractivity contribution in [3.63, 3.8) is 0 Å². The Hall–Kier alpha value is -6.06. The highest BCUT2D eigenvalue weighted by molar-refractivity contribution is 6.05. The predicted molar refractivity (Wildman–Crippen MR) is 204 cm³/mol. The molecule has 15 nitrogen and oxygen atoms in total. The molecule has 2 fully saturated rings. The van der Waals surface area contributed by atoms with Crippen LogP contribution in [0.3, 0.4) is 0 Å². The number of piperidine rings is 1. The number of ether oxygens (including phenoxy) is 2. The van der Waals surface area contributed by atoms with Gasteiger partial charge in [0.1, 0.15) is 29.7 Å². The van der Waals surface area contributed by atoms with Gasteiger partial charge in [0.15, 0.2) is 0 Å². The minimum Gasteiger partial charge on any atom is -0.457 e. The second-order valence-corrected chi connectivity index (χ2v) is 15.1. The third-order valence-corrected chi connectivity index (χ3v) is 10.2. The van der Waals surface area contributed by atoms with Gasteiger partial charge in [0, 0.05) is 67.1 Å². The van der Waals surface area contributed by atoms with E-state index < -0.39 is 11.9 Å². The molecule has 0 saturated carbocycles. The first kappa shape index (κ1) is 35.9. The summed E-state index contributed by atoms with van der Waals surface area (Å²) in [7, 11) is 0. The maximum atomic E-state index is 13.2. The second-order valence-electron chi connectivity index (χ2n) is 15.1. The van der Waals surface area contributed by atoms with E-state index in [4.69, 9.17) is 14.6 Å². The average molecular weight is 746 g/mol. The summed E-state index contributed by atoms with van der Waals surface area (Å²) in [5.41, 5.74) is 5.09. The van der Waals surface area contributed by atoms with Crippen LogP contribution in [-0.2, 0) is 32.8 Å². The molecule has 2 aromatic heterocycles. The number of nitrogens with zero attached hydrogens (tertiary/aromatic N) is 6. The van der Waals surface area contributed by atoms with Crippen LogP contribution in [0.5, 0.6) is 11.5 Å². The average Bonchev–Trinajstić information content (AvgIpc) is 3.86. The van der Waals surface area contributed by atoms with Gasteiger partial charge in [0.2, 0.25) is 11.8 Å². The Bertz CT molecular complexity index is 2280. The van der Waals surface area contributed by atoms with Crippen molar-refractivity contribution in [1.82, 2.24) is 34.4 Å². The molecule has 3 N–H and O–H groups in total. The Morgan fingerprint density at radius 2 is 1.71 bits per heavy atom. The number of nitrogens with one attached hydrogen (secondary N) is 3. The van der Waals surface area contributed by atoms with Gasteiger partial charge in [-0.2, -0.15) is 5.10 Å². The molecular weight excluding hydrogens is 702 g/mol. The van der Waals surface area contributed by atoms with E-state index in [9.17, 15) is 19.2 Å². The third kappa shape index (κ3) is 7.66. The summed E-state index contributed by atoms with van der Waals surface area (Å²) in [5.74, 6) is 0.775. The third-order valence-electron chi connectivity index (χ3n) is 10.2. The predicted octanol–water partition coefficient (Wildman–Crippen LogP) is 5.05. The number of imide groups is 1. The first-order valence-electron chi connectivity index (χ1n) is 18.5. The Morgan fingerprint density at radius 3 is 2.47 bits per heavy atom. The van der Waals surface area contributed by atoms with Crippen molar-refractivity contribution < 1.29 is 28.7 Å². The minimum absolute atomic E-state index is 0.172. The van der Waals surface area contributed by atoms with Crippen LogP contribution >= 0.6 is 0 Å². The molecule has 1 atom stereocenters. The van der Waals surface area contributed by atoms with Gasteiger partial charge in [-0.3, -0.25) is 34.5 Å². The van der Waals surface area contributed by atoms with Crippen molar-refractivity contribution in [1.29, 1.82) is 0 Å². The molecule has 0 spiro atoms. The van der Waals surface area contributed by atoms with Crippen molar-refractivity contribution >= 4 is 46.3 Å². The highest BCUT2D eigenvalue weighted by atomic mass is 16.5. The number of hydrogen-bond donors (Lipinski definition) is 3. The normalized spacial score (nSPS) is 17.7. The van der Waals surface area contributed by atoms with Crippen LogP contribution in [0.2, 0.25) is 0 Å². The van der Waals surface area contributed by atoms with Gasteiger partial charge in [-0.15, -0.1) is 0 Å². The van der Waals surface area contributed by atoms with Crippen molar-refractivity contribution in [3.05, 3.63) is 89.9 Å². The Morgan fingerprint density at radius 1 is 0.945 bits per heavy atom. The molecule has 8 rings (SSSR count). The maximum Gasteiger partial charge on any atom is 0.324 e. The fourth-order valence-electron chi connectivity index (χ4n) is 7.11. The van der Waals surface area contributed by atoms with Gasteiger partial charge in [-0.1, -0.05) is 20.8 Å². The largest absolute Gasteiger partial charge is 0.457 e. The van der Waals surface area contributed by atoms with E-state index in [0.29, 0.717) is 41.5 Å². The van der Waals surface area contributed by atoms with Crippen molar-refractivity contribution in [2.24, 2.45) is 0 Å². The molecule has 5 amide bonds. The molecule has 15 heteroatoms. The topological polar surface area (TPSA) is 165 Å². The molecular formula is C40H43N9O6. The van der Waals surface area contributed by atoms with Gasteiger partial charge in [0.25, 0.3) is 5.91 Å². The zero-order valence-electron chi connectivity index (χ0n) is 31.0. The van der Waals surface area contributed by atoms with Crippen LogP contribution in [0.25, 0.3) is 16.7 Å². The highest BCUT2D eigenvalue weighted by Gasteiger charge is 2.39. The van der Waals surface area contributed by atoms with E-state index in [1.165, 1.54) is 4.90 Å². The van der Waals surface area contributed by atoms with E-state index in [1.54, 1.807) is 18.5 Å². The lowest BCUT2D eigenvalue weighted by atomic mass is 9.92. The van der Waals surface area contributed by atoms with Crippen LogP contribution in [-0.4, -0.2) is 91.8 Å². The monoisotopic (exact) mass is 745 g/mol. The quantitative estimate of drug-likeness (QED) is 0.175. The number of carbonyl (C=O) groups is 4. The summed E-state index contributed by atoms with van der Waals surface area (Å²) in [6.07, 6.45) is 2.24. The number of carbonyl (C=O) groups excluding carboxylic acids is 4. The molecule has 284 valence electrons. The van der Waals surface area contributed by atoms with Crippen LogP contribution in [0.1, 0.15) is 55.2 Å². The van der Waals surface area contributed by atoms with Crippen LogP contribution < -0.4 is 20.7 Å². The lowest BCUT2D eigenvalue weighted by Crippen LogP contribution is -2.52. The lowest BCUT2D eigenvalue weighted by Gasteiger charge is -2.29. The Labute approximate surface area is 317 Å². The van der Waals surface area contributed by atoms with E-state index in [1.807, 2.05) is 63.8 Å². The molecule has 0 bridgehead atoms. The first-order chi connectivity index (χ1) is 26.5. The van der Waals surface area contributed by atoms with Gasteiger partial charge >= 0.3 is 6.03 Å². The molecule has 0 aliphatic carbocycles. The number of aromatic nitrogens is 4. The number of imidazole rings is 1. The summed E-state index contributed by atoms with van der Waals surface area (Å²) >= 11 is 0. The smallest absolute Gasteiger partial charge is 0.324 e. The summed E-state index contributed by atoms with van der Waals surface area (Å²) < 4.78 is 15.5. The SMILES string of the molecule is CC(C)(C)c1cc(NC(=O)Nc2ccc(-n3cnc4cc(Oc5ccc6c(c5)CN(C5CCC(=O)NC5=O)C6=O)ccc43)cc2)n(CCN2CCOCC2)n1. The van der Waals surface area contributed by atoms with Crippen molar-refractivity contribution in [2.75, 3.05) is 43.5 Å². The number of urea groups is 1. The number of benzene rings is 3. The molecule has 3 aliphatic rings. The van der Waals surface area contributed by atoms with Crippen LogP contribution in [0.4, 0.5) is 16.3 Å². The minimum atomic E-state index is -0.675. The molecule has 1 unspecified atom stereocenters. The molecule has 3 aromatic carbocycles. The summed E-state index contributed by atoms with van der Waals surface area (Å²) in [6.45, 7) is 11.3. The fraction of sp³-hybridized carbons (Fsp3) is 0.350. The zero-order chi connectivity index (χ0) is 38.3. The first-order valence-corrected chi connectivity index (χ1v) is 18.5. The maximum absolute atomic E-state index is 13.2. The van der Waals surface area contributed by atoms with Gasteiger partial charge < -0.3 is 19.7 Å². The summed E-state index contributed by atoms with van der Waals surface area (Å²) in [4.78, 5) is 58.7. The van der Waals surface area contributed by atoms with Gasteiger partial charge in [0.05, 0.1) is 36.5 Å². The highest BCUT2D eigenvalue weighted by Crippen LogP contribution is 2.33. The number of hydrogen-bond acceptors (Lipinski definition) is 9. The van der Waals surface area contributed by atoms with Gasteiger partial charge in [-0.25, -0.2) is 14.5 Å². The molecule has 2 saturated heterocycles.